The van der Waals surface area contributed by atoms with E-state index >= 15 is 0 Å². The predicted octanol–water partition coefficient (Wildman–Crippen LogP) is 2.42. The number of rotatable bonds is 3. The van der Waals surface area contributed by atoms with Gasteiger partial charge >= 0.3 is 5.43 Å². The highest BCUT2D eigenvalue weighted by atomic mass is 35.5. The Bertz CT molecular complexity index is 313. The molecule has 14 heavy (non-hydrogen) atoms. The van der Waals surface area contributed by atoms with Gasteiger partial charge in [-0.25, -0.2) is 4.79 Å². The van der Waals surface area contributed by atoms with E-state index in [1.165, 1.54) is 0 Å². The van der Waals surface area contributed by atoms with Gasteiger partial charge in [0, 0.05) is 18.0 Å². The molecule has 0 heterocycles. The van der Waals surface area contributed by atoms with E-state index in [9.17, 15) is 9.59 Å². The quantitative estimate of drug-likeness (QED) is 0.641. The summed E-state index contributed by atoms with van der Waals surface area (Å²) in [6.45, 7) is 0. The molecule has 0 bridgehead atoms. The fourth-order valence-electron chi connectivity index (χ4n) is 0.943. The van der Waals surface area contributed by atoms with Crippen LogP contribution < -0.4 is 4.74 Å². The summed E-state index contributed by atoms with van der Waals surface area (Å²) in [5.74, 6) is 0.348. The Labute approximate surface area is 91.4 Å². The molecule has 1 aromatic rings. The molecule has 0 saturated heterocycles. The minimum atomic E-state index is -0.886. The first-order chi connectivity index (χ1) is 6.58. The molecular formula is C9H7ClO3S. The predicted molar refractivity (Wildman–Crippen MR) is 56.0 cm³/mol. The highest BCUT2D eigenvalue weighted by Gasteiger charge is 2.01. The van der Waals surface area contributed by atoms with Crippen LogP contribution in [0.25, 0.3) is 0 Å². The first-order valence-corrected chi connectivity index (χ1v) is 4.58. The third-order valence-electron chi connectivity index (χ3n) is 1.48. The SMILES string of the molecule is O=C(S)Cc1ccc(OC(=O)Cl)cc1. The lowest BCUT2D eigenvalue weighted by molar-refractivity contribution is -0.110. The third kappa shape index (κ3) is 3.81. The molecule has 0 N–H and O–H groups in total. The molecule has 0 aromatic heterocycles. The van der Waals surface area contributed by atoms with Crippen LogP contribution in [0.3, 0.4) is 0 Å². The molecular weight excluding hydrogens is 224 g/mol. The van der Waals surface area contributed by atoms with E-state index < -0.39 is 5.43 Å². The Balaban J connectivity index is 2.68. The van der Waals surface area contributed by atoms with Crippen LogP contribution in [0, 0.1) is 0 Å². The molecule has 0 radical (unpaired) electrons. The number of carbonyl (C=O) groups excluding carboxylic acids is 2. The van der Waals surface area contributed by atoms with Crippen molar-refractivity contribution in [2.45, 2.75) is 6.42 Å². The summed E-state index contributed by atoms with van der Waals surface area (Å²) < 4.78 is 4.60. The number of thiol groups is 1. The van der Waals surface area contributed by atoms with Crippen molar-refractivity contribution in [2.75, 3.05) is 0 Å². The first-order valence-electron chi connectivity index (χ1n) is 3.76. The monoisotopic (exact) mass is 230 g/mol. The zero-order valence-electron chi connectivity index (χ0n) is 7.07. The smallest absolute Gasteiger partial charge is 0.409 e. The molecule has 0 aliphatic heterocycles. The van der Waals surface area contributed by atoms with Crippen molar-refractivity contribution in [1.29, 1.82) is 0 Å². The molecule has 0 aliphatic carbocycles. The van der Waals surface area contributed by atoms with Gasteiger partial charge in [-0.15, -0.1) is 12.6 Å². The lowest BCUT2D eigenvalue weighted by Crippen LogP contribution is -1.97. The van der Waals surface area contributed by atoms with Gasteiger partial charge in [0.2, 0.25) is 0 Å². The van der Waals surface area contributed by atoms with Crippen molar-refractivity contribution in [3.8, 4) is 5.75 Å². The molecule has 0 atom stereocenters. The molecule has 1 aromatic carbocycles. The van der Waals surface area contributed by atoms with E-state index in [0.717, 1.165) is 5.56 Å². The van der Waals surface area contributed by atoms with Crippen LogP contribution in [0.1, 0.15) is 5.56 Å². The molecule has 3 nitrogen and oxygen atoms in total. The van der Waals surface area contributed by atoms with Crippen molar-refractivity contribution < 1.29 is 14.3 Å². The van der Waals surface area contributed by atoms with E-state index in [0.29, 0.717) is 5.75 Å². The van der Waals surface area contributed by atoms with E-state index in [1.54, 1.807) is 24.3 Å². The van der Waals surface area contributed by atoms with Gasteiger partial charge in [0.15, 0.2) is 5.12 Å². The Morgan fingerprint density at radius 3 is 2.29 bits per heavy atom. The van der Waals surface area contributed by atoms with Gasteiger partial charge in [-0.1, -0.05) is 12.1 Å². The molecule has 1 rings (SSSR count). The minimum Gasteiger partial charge on any atom is -0.415 e. The maximum absolute atomic E-state index is 10.6. The molecule has 0 aliphatic rings. The van der Waals surface area contributed by atoms with Gasteiger partial charge < -0.3 is 4.74 Å². The van der Waals surface area contributed by atoms with E-state index in [2.05, 4.69) is 17.4 Å². The summed E-state index contributed by atoms with van der Waals surface area (Å²) in [4.78, 5) is 21.0. The number of halogens is 1. The van der Waals surface area contributed by atoms with Crippen molar-refractivity contribution in [3.05, 3.63) is 29.8 Å². The van der Waals surface area contributed by atoms with Gasteiger partial charge in [-0.3, -0.25) is 4.79 Å². The van der Waals surface area contributed by atoms with Crippen LogP contribution in [-0.2, 0) is 11.2 Å². The molecule has 0 fully saturated rings. The Morgan fingerprint density at radius 1 is 1.29 bits per heavy atom. The molecule has 0 saturated carbocycles. The average Bonchev–Trinajstić information content (AvgIpc) is 2.06. The number of ether oxygens (including phenoxy) is 1. The van der Waals surface area contributed by atoms with Crippen LogP contribution in [0.5, 0.6) is 5.75 Å². The minimum absolute atomic E-state index is 0.216. The summed E-state index contributed by atoms with van der Waals surface area (Å²) in [5.41, 5.74) is -0.0811. The lowest BCUT2D eigenvalue weighted by atomic mass is 10.2. The van der Waals surface area contributed by atoms with Crippen molar-refractivity contribution >= 4 is 34.8 Å². The van der Waals surface area contributed by atoms with E-state index in [4.69, 9.17) is 11.6 Å². The molecule has 0 amide bonds. The first kappa shape index (κ1) is 11.1. The average molecular weight is 231 g/mol. The van der Waals surface area contributed by atoms with Gasteiger partial charge in [0.1, 0.15) is 5.75 Å². The van der Waals surface area contributed by atoms with Gasteiger partial charge in [0.05, 0.1) is 0 Å². The number of benzene rings is 1. The normalized spacial score (nSPS) is 9.57. The van der Waals surface area contributed by atoms with Crippen LogP contribution in [0.15, 0.2) is 24.3 Å². The summed E-state index contributed by atoms with van der Waals surface area (Å²) >= 11 is 8.65. The summed E-state index contributed by atoms with van der Waals surface area (Å²) in [7, 11) is 0. The van der Waals surface area contributed by atoms with Gasteiger partial charge in [0.25, 0.3) is 0 Å². The van der Waals surface area contributed by atoms with Crippen LogP contribution in [0.2, 0.25) is 0 Å². The topological polar surface area (TPSA) is 43.4 Å². The standard InChI is InChI=1S/C9H7ClO3S/c10-9(12)13-7-3-1-6(2-4-7)5-8(11)14/h1-4H,5H2,(H,11,14). The van der Waals surface area contributed by atoms with Crippen molar-refractivity contribution in [3.63, 3.8) is 0 Å². The van der Waals surface area contributed by atoms with Crippen LogP contribution in [-0.4, -0.2) is 10.5 Å². The number of hydrogen-bond donors (Lipinski definition) is 1. The van der Waals surface area contributed by atoms with Crippen molar-refractivity contribution in [2.24, 2.45) is 0 Å². The van der Waals surface area contributed by atoms with E-state index in [1.807, 2.05) is 0 Å². The van der Waals surface area contributed by atoms with Crippen molar-refractivity contribution in [1.82, 2.24) is 0 Å². The van der Waals surface area contributed by atoms with Crippen LogP contribution >= 0.6 is 24.2 Å². The van der Waals surface area contributed by atoms with Crippen LogP contribution in [0.4, 0.5) is 4.79 Å². The number of hydrogen-bond acceptors (Lipinski definition) is 3. The zero-order valence-corrected chi connectivity index (χ0v) is 8.72. The molecule has 74 valence electrons. The highest BCUT2D eigenvalue weighted by molar-refractivity contribution is 7.96. The second-order valence-corrected chi connectivity index (χ2v) is 3.36. The molecule has 0 spiro atoms. The molecule has 5 heteroatoms. The summed E-state index contributed by atoms with van der Waals surface area (Å²) in [5, 5.41) is -0.216. The second-order valence-electron chi connectivity index (χ2n) is 2.55. The largest absolute Gasteiger partial charge is 0.415 e. The third-order valence-corrected chi connectivity index (χ3v) is 1.71. The lowest BCUT2D eigenvalue weighted by Gasteiger charge is -2.00. The second kappa shape index (κ2) is 5.02. The fraction of sp³-hybridized carbons (Fsp3) is 0.111. The maximum Gasteiger partial charge on any atom is 0.409 e. The molecule has 0 unspecified atom stereocenters. The highest BCUT2D eigenvalue weighted by Crippen LogP contribution is 2.14. The maximum atomic E-state index is 10.6. The van der Waals surface area contributed by atoms with Gasteiger partial charge in [-0.2, -0.15) is 0 Å². The summed E-state index contributed by atoms with van der Waals surface area (Å²) in [6.07, 6.45) is 0.248. The Morgan fingerprint density at radius 2 is 1.86 bits per heavy atom. The Kier molecular flexibility index (Phi) is 3.98. The van der Waals surface area contributed by atoms with Gasteiger partial charge in [-0.05, 0) is 17.7 Å². The Hall–Kier alpha value is -1.00. The summed E-state index contributed by atoms with van der Waals surface area (Å²) in [6, 6.07) is 6.46. The van der Waals surface area contributed by atoms with E-state index in [-0.39, 0.29) is 11.5 Å². The fourth-order valence-corrected chi connectivity index (χ4v) is 1.21. The number of carbonyl (C=O) groups is 2. The zero-order chi connectivity index (χ0) is 10.6.